The molecule has 0 aliphatic carbocycles. The predicted octanol–water partition coefficient (Wildman–Crippen LogP) is 7.52. The van der Waals surface area contributed by atoms with Crippen LogP contribution in [0, 0.1) is 13.8 Å². The Labute approximate surface area is 255 Å². The normalized spacial score (nSPS) is 16.2. The van der Waals surface area contributed by atoms with Crippen molar-refractivity contribution in [3.63, 3.8) is 0 Å². The van der Waals surface area contributed by atoms with Gasteiger partial charge in [-0.1, -0.05) is 54.9 Å². The van der Waals surface area contributed by atoms with Crippen LogP contribution >= 0.6 is 11.3 Å². The predicted molar refractivity (Wildman–Crippen MR) is 170 cm³/mol. The summed E-state index contributed by atoms with van der Waals surface area (Å²) in [5.41, 5.74) is 3.44. The van der Waals surface area contributed by atoms with Crippen LogP contribution < -0.4 is 19.1 Å². The fourth-order valence-corrected chi connectivity index (χ4v) is 6.26. The summed E-state index contributed by atoms with van der Waals surface area (Å²) in [6.45, 7) is 8.88. The first-order chi connectivity index (χ1) is 20.8. The lowest BCUT2D eigenvalue weighted by atomic mass is 9.93. The van der Waals surface area contributed by atoms with Gasteiger partial charge in [0.1, 0.15) is 11.5 Å². The SMILES string of the molecule is CCCCCOc1ccc(C2/C(=C(\O)c3cc(C)ccc3C)C(=O)C(=O)N2c2nc3ccc(OCC)cc3s2)cc1OC. The molecular formula is C34H36N2O6S. The first kappa shape index (κ1) is 30.1. The molecule has 224 valence electrons. The Bertz CT molecular complexity index is 1710. The van der Waals surface area contributed by atoms with Crippen LogP contribution in [0.2, 0.25) is 0 Å². The number of carbonyl (C=O) groups excluding carboxylic acids is 2. The van der Waals surface area contributed by atoms with Crippen molar-refractivity contribution in [3.8, 4) is 17.2 Å². The fourth-order valence-electron chi connectivity index (χ4n) is 5.24. The molecule has 4 aromatic rings. The molecule has 1 N–H and O–H groups in total. The molecule has 1 amide bonds. The minimum absolute atomic E-state index is 0.00775. The number of hydrogen-bond acceptors (Lipinski definition) is 8. The Kier molecular flexibility index (Phi) is 9.01. The summed E-state index contributed by atoms with van der Waals surface area (Å²) in [7, 11) is 1.55. The van der Waals surface area contributed by atoms with Gasteiger partial charge in [0, 0.05) is 5.56 Å². The van der Waals surface area contributed by atoms with E-state index in [-0.39, 0.29) is 11.3 Å². The van der Waals surface area contributed by atoms with E-state index < -0.39 is 17.7 Å². The van der Waals surface area contributed by atoms with Crippen molar-refractivity contribution >= 4 is 44.1 Å². The molecule has 1 unspecified atom stereocenters. The Morgan fingerprint density at radius 1 is 0.977 bits per heavy atom. The smallest absolute Gasteiger partial charge is 0.301 e. The van der Waals surface area contributed by atoms with E-state index in [1.54, 1.807) is 25.3 Å². The molecule has 1 aliphatic rings. The van der Waals surface area contributed by atoms with Gasteiger partial charge in [-0.15, -0.1) is 0 Å². The Morgan fingerprint density at radius 2 is 1.79 bits per heavy atom. The number of aryl methyl sites for hydroxylation is 2. The number of methoxy groups -OCH3 is 1. The standard InChI is InChI=1S/C34H36N2O6S/c1-6-8-9-16-42-26-15-12-22(18-27(26)40-5)30-29(31(37)24-17-20(3)10-11-21(24)4)32(38)33(39)36(30)34-35-25-14-13-23(41-7-2)19-28(25)43-34/h10-15,17-19,30,37H,6-9,16H2,1-5H3/b31-29+. The van der Waals surface area contributed by atoms with Gasteiger partial charge in [0.05, 0.1) is 42.2 Å². The molecule has 0 spiro atoms. The minimum atomic E-state index is -0.949. The summed E-state index contributed by atoms with van der Waals surface area (Å²) in [6.07, 6.45) is 3.05. The van der Waals surface area contributed by atoms with Gasteiger partial charge in [0.2, 0.25) is 0 Å². The lowest BCUT2D eigenvalue weighted by Gasteiger charge is -2.24. The van der Waals surface area contributed by atoms with E-state index in [9.17, 15) is 14.7 Å². The molecule has 9 heteroatoms. The average molecular weight is 601 g/mol. The number of aromatic nitrogens is 1. The number of amides is 1. The van der Waals surface area contributed by atoms with Gasteiger partial charge in [0.15, 0.2) is 16.6 Å². The number of hydrogen-bond donors (Lipinski definition) is 1. The number of rotatable bonds is 11. The molecule has 1 saturated heterocycles. The van der Waals surface area contributed by atoms with Gasteiger partial charge < -0.3 is 19.3 Å². The quantitative estimate of drug-likeness (QED) is 0.0823. The van der Waals surface area contributed by atoms with Gasteiger partial charge in [-0.2, -0.15) is 0 Å². The topological polar surface area (TPSA) is 98.2 Å². The van der Waals surface area contributed by atoms with Crippen LogP contribution in [0.5, 0.6) is 17.2 Å². The highest BCUT2D eigenvalue weighted by Crippen LogP contribution is 2.46. The average Bonchev–Trinajstić information content (AvgIpc) is 3.53. The molecule has 1 aliphatic heterocycles. The Morgan fingerprint density at radius 3 is 2.53 bits per heavy atom. The molecule has 0 bridgehead atoms. The number of aliphatic hydroxyl groups is 1. The molecule has 3 aromatic carbocycles. The maximum atomic E-state index is 13.8. The summed E-state index contributed by atoms with van der Waals surface area (Å²) in [4.78, 5) is 33.6. The zero-order chi connectivity index (χ0) is 30.7. The van der Waals surface area contributed by atoms with E-state index in [1.165, 1.54) is 16.2 Å². The molecule has 5 rings (SSSR count). The number of ether oxygens (including phenoxy) is 3. The maximum Gasteiger partial charge on any atom is 0.301 e. The van der Waals surface area contributed by atoms with Crippen molar-refractivity contribution in [2.45, 2.75) is 53.0 Å². The number of unbranched alkanes of at least 4 members (excludes halogenated alkanes) is 2. The van der Waals surface area contributed by atoms with Crippen LogP contribution in [0.25, 0.3) is 16.0 Å². The molecule has 2 heterocycles. The number of fused-ring (bicyclic) bond motifs is 1. The zero-order valence-electron chi connectivity index (χ0n) is 25.1. The van der Waals surface area contributed by atoms with Gasteiger partial charge in [-0.25, -0.2) is 4.98 Å². The Hall–Kier alpha value is -4.37. The van der Waals surface area contributed by atoms with Crippen LogP contribution in [0.3, 0.4) is 0 Å². The van der Waals surface area contributed by atoms with E-state index >= 15 is 0 Å². The largest absolute Gasteiger partial charge is 0.507 e. The second-order valence-corrected chi connectivity index (χ2v) is 11.5. The van der Waals surface area contributed by atoms with Gasteiger partial charge in [0.25, 0.3) is 5.78 Å². The fraction of sp³-hybridized carbons (Fsp3) is 0.324. The van der Waals surface area contributed by atoms with Crippen LogP contribution in [-0.2, 0) is 9.59 Å². The number of thiazole rings is 1. The lowest BCUT2D eigenvalue weighted by Crippen LogP contribution is -2.29. The second kappa shape index (κ2) is 12.9. The highest BCUT2D eigenvalue weighted by Gasteiger charge is 2.48. The van der Waals surface area contributed by atoms with Crippen LogP contribution in [0.1, 0.15) is 61.4 Å². The van der Waals surface area contributed by atoms with Crippen molar-refractivity contribution < 1.29 is 28.9 Å². The molecular weight excluding hydrogens is 564 g/mol. The van der Waals surface area contributed by atoms with Crippen LogP contribution in [-0.4, -0.2) is 42.1 Å². The van der Waals surface area contributed by atoms with E-state index in [1.807, 2.05) is 57.2 Å². The van der Waals surface area contributed by atoms with Crippen molar-refractivity contribution in [2.24, 2.45) is 0 Å². The van der Waals surface area contributed by atoms with Crippen molar-refractivity contribution in [2.75, 3.05) is 25.2 Å². The molecule has 43 heavy (non-hydrogen) atoms. The summed E-state index contributed by atoms with van der Waals surface area (Å²) in [6, 6.07) is 15.6. The van der Waals surface area contributed by atoms with E-state index in [0.717, 1.165) is 35.1 Å². The first-order valence-corrected chi connectivity index (χ1v) is 15.3. The number of benzene rings is 3. The monoisotopic (exact) mass is 600 g/mol. The molecule has 1 atom stereocenters. The third kappa shape index (κ3) is 5.95. The minimum Gasteiger partial charge on any atom is -0.507 e. The summed E-state index contributed by atoms with van der Waals surface area (Å²) in [5.74, 6) is -0.0470. The van der Waals surface area contributed by atoms with Crippen LogP contribution in [0.4, 0.5) is 5.13 Å². The van der Waals surface area contributed by atoms with Gasteiger partial charge in [-0.3, -0.25) is 14.5 Å². The Balaban J connectivity index is 1.67. The zero-order valence-corrected chi connectivity index (χ0v) is 25.9. The molecule has 1 aromatic heterocycles. The van der Waals surface area contributed by atoms with Crippen molar-refractivity contribution in [1.82, 2.24) is 4.98 Å². The van der Waals surface area contributed by atoms with Gasteiger partial charge >= 0.3 is 5.91 Å². The summed E-state index contributed by atoms with van der Waals surface area (Å²) < 4.78 is 18.1. The number of Topliss-reactive ketones (excluding diaryl/α,β-unsaturated/α-hetero) is 1. The summed E-state index contributed by atoms with van der Waals surface area (Å²) in [5, 5.41) is 12.0. The first-order valence-electron chi connectivity index (χ1n) is 14.5. The summed E-state index contributed by atoms with van der Waals surface area (Å²) >= 11 is 1.28. The molecule has 0 saturated carbocycles. The molecule has 1 fully saturated rings. The number of ketones is 1. The number of anilines is 1. The van der Waals surface area contributed by atoms with E-state index in [2.05, 4.69) is 6.92 Å². The number of nitrogens with zero attached hydrogens (tertiary/aromatic N) is 2. The highest BCUT2D eigenvalue weighted by molar-refractivity contribution is 7.22. The lowest BCUT2D eigenvalue weighted by molar-refractivity contribution is -0.132. The maximum absolute atomic E-state index is 13.8. The van der Waals surface area contributed by atoms with Crippen LogP contribution in [0.15, 0.2) is 60.2 Å². The molecule has 8 nitrogen and oxygen atoms in total. The van der Waals surface area contributed by atoms with E-state index in [0.29, 0.717) is 52.2 Å². The number of carbonyl (C=O) groups is 2. The third-order valence-corrected chi connectivity index (χ3v) is 8.48. The number of aliphatic hydroxyl groups excluding tert-OH is 1. The highest BCUT2D eigenvalue weighted by atomic mass is 32.1. The van der Waals surface area contributed by atoms with E-state index in [4.69, 9.17) is 19.2 Å². The van der Waals surface area contributed by atoms with Crippen molar-refractivity contribution in [1.29, 1.82) is 0 Å². The van der Waals surface area contributed by atoms with Gasteiger partial charge in [-0.05, 0) is 74.7 Å². The third-order valence-electron chi connectivity index (χ3n) is 7.47. The second-order valence-electron chi connectivity index (χ2n) is 10.5. The molecule has 0 radical (unpaired) electrons. The van der Waals surface area contributed by atoms with Crippen molar-refractivity contribution in [3.05, 3.63) is 82.4 Å².